The Hall–Kier alpha value is -2.30. The van der Waals surface area contributed by atoms with Gasteiger partial charge in [0.15, 0.2) is 5.96 Å². The summed E-state index contributed by atoms with van der Waals surface area (Å²) in [4.78, 5) is 8.92. The number of hydrogen-bond acceptors (Lipinski definition) is 2. The second kappa shape index (κ2) is 10.5. The SMILES string of the molecule is CCNC(=NCc1cccc(C(F)(F)F)c1)NCCc1cn2ccccc2n1.I. The number of pyridine rings is 1. The van der Waals surface area contributed by atoms with E-state index in [-0.39, 0.29) is 30.5 Å². The number of fused-ring (bicyclic) bond motifs is 1. The summed E-state index contributed by atoms with van der Waals surface area (Å²) in [6, 6.07) is 11.1. The number of imidazole rings is 1. The van der Waals surface area contributed by atoms with E-state index in [0.29, 0.717) is 31.0 Å². The largest absolute Gasteiger partial charge is 0.416 e. The Morgan fingerprint density at radius 3 is 2.69 bits per heavy atom. The molecule has 0 spiro atoms. The molecule has 0 bridgehead atoms. The fourth-order valence-electron chi connectivity index (χ4n) is 2.77. The molecule has 9 heteroatoms. The maximum absolute atomic E-state index is 12.8. The van der Waals surface area contributed by atoms with E-state index in [4.69, 9.17) is 0 Å². The highest BCUT2D eigenvalue weighted by Gasteiger charge is 2.30. The van der Waals surface area contributed by atoms with Crippen LogP contribution in [0.15, 0.2) is 59.9 Å². The van der Waals surface area contributed by atoms with Crippen molar-refractivity contribution in [3.05, 3.63) is 71.7 Å². The molecule has 0 aliphatic rings. The van der Waals surface area contributed by atoms with Gasteiger partial charge in [0.05, 0.1) is 17.8 Å². The van der Waals surface area contributed by atoms with E-state index in [9.17, 15) is 13.2 Å². The smallest absolute Gasteiger partial charge is 0.357 e. The lowest BCUT2D eigenvalue weighted by molar-refractivity contribution is -0.137. The fraction of sp³-hybridized carbons (Fsp3) is 0.300. The van der Waals surface area contributed by atoms with Crippen LogP contribution in [-0.4, -0.2) is 28.4 Å². The van der Waals surface area contributed by atoms with Gasteiger partial charge in [0.1, 0.15) is 5.65 Å². The van der Waals surface area contributed by atoms with E-state index in [1.54, 1.807) is 6.07 Å². The molecular formula is C20H23F3IN5. The van der Waals surface area contributed by atoms with Crippen LogP contribution in [0.4, 0.5) is 13.2 Å². The second-order valence-electron chi connectivity index (χ2n) is 6.27. The standard InChI is InChI=1S/C20H22F3N5.HI/c1-2-24-19(26-13-15-6-5-7-16(12-15)20(21,22)23)25-10-9-17-14-28-11-4-3-8-18(28)27-17;/h3-8,11-12,14H,2,9-10,13H2,1H3,(H2,24,25,26);1H. The molecule has 0 fully saturated rings. The molecule has 0 aliphatic heterocycles. The molecule has 156 valence electrons. The summed E-state index contributed by atoms with van der Waals surface area (Å²) in [7, 11) is 0. The van der Waals surface area contributed by atoms with Crippen LogP contribution in [0, 0.1) is 0 Å². The van der Waals surface area contributed by atoms with Crippen LogP contribution in [-0.2, 0) is 19.1 Å². The number of aliphatic imine (C=N–C) groups is 1. The van der Waals surface area contributed by atoms with Crippen LogP contribution >= 0.6 is 24.0 Å². The minimum Gasteiger partial charge on any atom is -0.357 e. The topological polar surface area (TPSA) is 53.7 Å². The minimum absolute atomic E-state index is 0. The zero-order valence-electron chi connectivity index (χ0n) is 15.9. The first-order valence-corrected chi connectivity index (χ1v) is 9.06. The number of benzene rings is 1. The zero-order chi connectivity index (χ0) is 20.0. The molecule has 2 aromatic heterocycles. The third kappa shape index (κ3) is 6.62. The maximum Gasteiger partial charge on any atom is 0.416 e. The first-order valence-electron chi connectivity index (χ1n) is 9.06. The number of alkyl halides is 3. The minimum atomic E-state index is -4.35. The number of nitrogens with zero attached hydrogens (tertiary/aromatic N) is 3. The van der Waals surface area contributed by atoms with Crippen molar-refractivity contribution in [2.45, 2.75) is 26.1 Å². The predicted molar refractivity (Wildman–Crippen MR) is 119 cm³/mol. The number of guanidine groups is 1. The molecule has 0 radical (unpaired) electrons. The van der Waals surface area contributed by atoms with E-state index >= 15 is 0 Å². The second-order valence-corrected chi connectivity index (χ2v) is 6.27. The van der Waals surface area contributed by atoms with Gasteiger partial charge < -0.3 is 15.0 Å². The van der Waals surface area contributed by atoms with E-state index < -0.39 is 11.7 Å². The number of aromatic nitrogens is 2. The quantitative estimate of drug-likeness (QED) is 0.292. The highest BCUT2D eigenvalue weighted by molar-refractivity contribution is 14.0. The maximum atomic E-state index is 12.8. The Kier molecular flexibility index (Phi) is 8.30. The van der Waals surface area contributed by atoms with Gasteiger partial charge in [0.2, 0.25) is 0 Å². The van der Waals surface area contributed by atoms with Gasteiger partial charge in [-0.25, -0.2) is 9.98 Å². The molecule has 0 atom stereocenters. The number of hydrogen-bond donors (Lipinski definition) is 2. The van der Waals surface area contributed by atoms with E-state index in [1.807, 2.05) is 41.9 Å². The Balaban J connectivity index is 0.00000300. The van der Waals surface area contributed by atoms with Crippen molar-refractivity contribution in [3.8, 4) is 0 Å². The van der Waals surface area contributed by atoms with Crippen molar-refractivity contribution >= 4 is 35.6 Å². The molecule has 5 nitrogen and oxygen atoms in total. The number of rotatable bonds is 6. The molecule has 29 heavy (non-hydrogen) atoms. The average molecular weight is 517 g/mol. The summed E-state index contributed by atoms with van der Waals surface area (Å²) in [6.45, 7) is 3.36. The molecule has 1 aromatic carbocycles. The molecule has 0 saturated heterocycles. The lowest BCUT2D eigenvalue weighted by Gasteiger charge is -2.11. The van der Waals surface area contributed by atoms with Crippen molar-refractivity contribution in [2.75, 3.05) is 13.1 Å². The lowest BCUT2D eigenvalue weighted by Crippen LogP contribution is -2.38. The van der Waals surface area contributed by atoms with E-state index in [2.05, 4.69) is 20.6 Å². The Bertz CT molecular complexity index is 919. The molecule has 0 saturated carbocycles. The third-order valence-electron chi connectivity index (χ3n) is 4.11. The lowest BCUT2D eigenvalue weighted by atomic mass is 10.1. The summed E-state index contributed by atoms with van der Waals surface area (Å²) in [5, 5.41) is 6.30. The molecule has 0 unspecified atom stereocenters. The number of nitrogens with one attached hydrogen (secondary N) is 2. The first-order chi connectivity index (χ1) is 13.5. The van der Waals surface area contributed by atoms with Crippen LogP contribution < -0.4 is 10.6 Å². The van der Waals surface area contributed by atoms with Gasteiger partial charge in [-0.15, -0.1) is 24.0 Å². The normalized spacial score (nSPS) is 11.9. The van der Waals surface area contributed by atoms with Gasteiger partial charge in [-0.2, -0.15) is 13.2 Å². The number of halogens is 4. The van der Waals surface area contributed by atoms with Gasteiger partial charge in [0.25, 0.3) is 0 Å². The highest BCUT2D eigenvalue weighted by atomic mass is 127. The Morgan fingerprint density at radius 1 is 1.14 bits per heavy atom. The molecule has 3 aromatic rings. The van der Waals surface area contributed by atoms with Gasteiger partial charge >= 0.3 is 6.18 Å². The molecule has 2 heterocycles. The van der Waals surface area contributed by atoms with Crippen molar-refractivity contribution in [1.29, 1.82) is 0 Å². The van der Waals surface area contributed by atoms with Crippen molar-refractivity contribution in [3.63, 3.8) is 0 Å². The molecule has 2 N–H and O–H groups in total. The van der Waals surface area contributed by atoms with Gasteiger partial charge in [-0.3, -0.25) is 0 Å². The van der Waals surface area contributed by atoms with E-state index in [1.165, 1.54) is 6.07 Å². The van der Waals surface area contributed by atoms with Crippen LogP contribution in [0.2, 0.25) is 0 Å². The summed E-state index contributed by atoms with van der Waals surface area (Å²) < 4.78 is 40.4. The fourth-order valence-corrected chi connectivity index (χ4v) is 2.77. The van der Waals surface area contributed by atoms with E-state index in [0.717, 1.165) is 23.5 Å². The van der Waals surface area contributed by atoms with Crippen LogP contribution in [0.25, 0.3) is 5.65 Å². The predicted octanol–water partition coefficient (Wildman–Crippen LogP) is 4.27. The molecule has 0 aliphatic carbocycles. The molecule has 3 rings (SSSR count). The average Bonchev–Trinajstić information content (AvgIpc) is 3.08. The van der Waals surface area contributed by atoms with Crippen LogP contribution in [0.1, 0.15) is 23.7 Å². The van der Waals surface area contributed by atoms with Crippen molar-refractivity contribution in [1.82, 2.24) is 20.0 Å². The van der Waals surface area contributed by atoms with Crippen molar-refractivity contribution < 1.29 is 13.2 Å². The van der Waals surface area contributed by atoms with Gasteiger partial charge in [-0.05, 0) is 36.8 Å². The monoisotopic (exact) mass is 517 g/mol. The highest BCUT2D eigenvalue weighted by Crippen LogP contribution is 2.29. The Morgan fingerprint density at radius 2 is 1.97 bits per heavy atom. The van der Waals surface area contributed by atoms with Gasteiger partial charge in [0, 0.05) is 31.9 Å². The molecular weight excluding hydrogens is 494 g/mol. The third-order valence-corrected chi connectivity index (χ3v) is 4.11. The van der Waals surface area contributed by atoms with Crippen molar-refractivity contribution in [2.24, 2.45) is 4.99 Å². The summed E-state index contributed by atoms with van der Waals surface area (Å²) in [6.07, 6.45) is 0.274. The first kappa shape index (κ1) is 23.0. The summed E-state index contributed by atoms with van der Waals surface area (Å²) in [5.41, 5.74) is 1.69. The van der Waals surface area contributed by atoms with Crippen LogP contribution in [0.5, 0.6) is 0 Å². The molecule has 0 amide bonds. The van der Waals surface area contributed by atoms with Crippen LogP contribution in [0.3, 0.4) is 0 Å². The summed E-state index contributed by atoms with van der Waals surface area (Å²) >= 11 is 0. The zero-order valence-corrected chi connectivity index (χ0v) is 18.2. The summed E-state index contributed by atoms with van der Waals surface area (Å²) in [5.74, 6) is 0.559. The van der Waals surface area contributed by atoms with Gasteiger partial charge in [-0.1, -0.05) is 18.2 Å². The Labute approximate surface area is 184 Å².